The van der Waals surface area contributed by atoms with Gasteiger partial charge in [-0.05, 0) is 73.2 Å². The third-order valence-electron chi connectivity index (χ3n) is 4.67. The van der Waals surface area contributed by atoms with Gasteiger partial charge in [0.2, 0.25) is 0 Å². The van der Waals surface area contributed by atoms with E-state index in [1.54, 1.807) is 55.5 Å². The summed E-state index contributed by atoms with van der Waals surface area (Å²) in [6, 6.07) is 18.0. The Morgan fingerprint density at radius 1 is 1.00 bits per heavy atom. The van der Waals surface area contributed by atoms with Crippen LogP contribution in [0.5, 0.6) is 5.75 Å². The van der Waals surface area contributed by atoms with Gasteiger partial charge >= 0.3 is 5.97 Å². The molecule has 0 bridgehead atoms. The third kappa shape index (κ3) is 7.24. The first-order chi connectivity index (χ1) is 16.8. The van der Waals surface area contributed by atoms with Crippen molar-refractivity contribution >= 4 is 58.4 Å². The minimum absolute atomic E-state index is 0.166. The van der Waals surface area contributed by atoms with Crippen molar-refractivity contribution in [1.82, 2.24) is 0 Å². The van der Waals surface area contributed by atoms with Crippen LogP contribution in [0.15, 0.2) is 66.2 Å². The molecule has 3 aromatic rings. The third-order valence-corrected chi connectivity index (χ3v) is 5.64. The van der Waals surface area contributed by atoms with E-state index >= 15 is 0 Å². The van der Waals surface area contributed by atoms with Crippen molar-refractivity contribution in [2.45, 2.75) is 13.5 Å². The van der Waals surface area contributed by atoms with Gasteiger partial charge in [-0.2, -0.15) is 5.26 Å². The first-order valence-electron chi connectivity index (χ1n) is 10.4. The van der Waals surface area contributed by atoms with Gasteiger partial charge in [0.1, 0.15) is 24.0 Å². The average Bonchev–Trinajstić information content (AvgIpc) is 2.84. The number of nitriles is 1. The lowest BCUT2D eigenvalue weighted by Gasteiger charge is -2.11. The first-order valence-corrected chi connectivity index (χ1v) is 11.5. The van der Waals surface area contributed by atoms with Gasteiger partial charge in [-0.3, -0.25) is 4.79 Å². The van der Waals surface area contributed by atoms with Crippen LogP contribution in [-0.4, -0.2) is 18.5 Å². The average molecular weight is 530 g/mol. The molecule has 0 fully saturated rings. The van der Waals surface area contributed by atoms with Crippen molar-refractivity contribution in [3.63, 3.8) is 0 Å². The predicted molar refractivity (Wildman–Crippen MR) is 137 cm³/mol. The van der Waals surface area contributed by atoms with Crippen LogP contribution in [0.2, 0.25) is 15.1 Å². The molecule has 0 saturated carbocycles. The van der Waals surface area contributed by atoms with Crippen LogP contribution in [-0.2, 0) is 16.1 Å². The zero-order chi connectivity index (χ0) is 25.4. The van der Waals surface area contributed by atoms with Gasteiger partial charge in [-0.1, -0.05) is 40.9 Å². The molecule has 0 aliphatic rings. The highest BCUT2D eigenvalue weighted by Crippen LogP contribution is 2.28. The number of nitrogens with one attached hydrogen (secondary N) is 1. The fourth-order valence-electron chi connectivity index (χ4n) is 2.96. The number of rotatable bonds is 8. The molecule has 9 heteroatoms. The number of carbonyl (C=O) groups excluding carboxylic acids is 2. The number of nitrogens with zero attached hydrogens (tertiary/aromatic N) is 1. The van der Waals surface area contributed by atoms with Crippen LogP contribution in [0.4, 0.5) is 5.69 Å². The summed E-state index contributed by atoms with van der Waals surface area (Å²) in [4.78, 5) is 24.5. The molecule has 0 heterocycles. The molecule has 0 aromatic heterocycles. The number of amides is 1. The van der Waals surface area contributed by atoms with Gasteiger partial charge < -0.3 is 14.8 Å². The second-order valence-electron chi connectivity index (χ2n) is 7.14. The summed E-state index contributed by atoms with van der Waals surface area (Å²) in [5.41, 5.74) is 1.83. The number of hydrogen-bond acceptors (Lipinski definition) is 5. The molecule has 178 valence electrons. The molecule has 0 atom stereocenters. The SMILES string of the molecule is CCOC(=O)c1ccc(NC(=O)/C(C#N)=C/c2cc(Cl)ccc2OCc2ccc(Cl)c(Cl)c2)cc1. The quantitative estimate of drug-likeness (QED) is 0.194. The normalized spacial score (nSPS) is 10.9. The van der Waals surface area contributed by atoms with Crippen LogP contribution >= 0.6 is 34.8 Å². The Morgan fingerprint density at radius 2 is 1.74 bits per heavy atom. The highest BCUT2D eigenvalue weighted by molar-refractivity contribution is 6.42. The van der Waals surface area contributed by atoms with E-state index in [9.17, 15) is 14.9 Å². The van der Waals surface area contributed by atoms with E-state index in [1.165, 1.54) is 18.2 Å². The van der Waals surface area contributed by atoms with E-state index in [2.05, 4.69) is 5.32 Å². The molecule has 35 heavy (non-hydrogen) atoms. The van der Waals surface area contributed by atoms with E-state index in [4.69, 9.17) is 44.3 Å². The Labute approximate surface area is 217 Å². The molecule has 0 spiro atoms. The van der Waals surface area contributed by atoms with Gasteiger partial charge in [0, 0.05) is 16.3 Å². The summed E-state index contributed by atoms with van der Waals surface area (Å²) in [6.45, 7) is 2.16. The standard InChI is InChI=1S/C26H19Cl3N2O4/c1-2-34-26(33)17-4-7-21(8-5-17)31-25(32)19(14-30)12-18-13-20(27)6-10-24(18)35-15-16-3-9-22(28)23(29)11-16/h3-13H,2,15H2,1H3,(H,31,32)/b19-12+. The van der Waals surface area contributed by atoms with Gasteiger partial charge in [-0.15, -0.1) is 0 Å². The predicted octanol–water partition coefficient (Wildman–Crippen LogP) is 6.95. The van der Waals surface area contributed by atoms with E-state index in [-0.39, 0.29) is 18.8 Å². The molecule has 0 radical (unpaired) electrons. The number of esters is 1. The minimum atomic E-state index is -0.633. The molecule has 6 nitrogen and oxygen atoms in total. The first kappa shape index (κ1) is 26.1. The van der Waals surface area contributed by atoms with Crippen LogP contribution < -0.4 is 10.1 Å². The highest BCUT2D eigenvalue weighted by atomic mass is 35.5. The van der Waals surface area contributed by atoms with Crippen molar-refractivity contribution in [1.29, 1.82) is 5.26 Å². The molecule has 1 N–H and O–H groups in total. The van der Waals surface area contributed by atoms with Crippen LogP contribution in [0.25, 0.3) is 6.08 Å². The fourth-order valence-corrected chi connectivity index (χ4v) is 3.46. The van der Waals surface area contributed by atoms with Crippen LogP contribution in [0.3, 0.4) is 0 Å². The van der Waals surface area contributed by atoms with E-state index < -0.39 is 11.9 Å². The Morgan fingerprint density at radius 3 is 2.40 bits per heavy atom. The number of hydrogen-bond donors (Lipinski definition) is 1. The summed E-state index contributed by atoms with van der Waals surface area (Å²) >= 11 is 18.1. The highest BCUT2D eigenvalue weighted by Gasteiger charge is 2.13. The zero-order valence-electron chi connectivity index (χ0n) is 18.5. The van der Waals surface area contributed by atoms with Crippen LogP contribution in [0.1, 0.15) is 28.4 Å². The maximum absolute atomic E-state index is 12.7. The molecular formula is C26H19Cl3N2O4. The maximum atomic E-state index is 12.7. The van der Waals surface area contributed by atoms with Crippen molar-refractivity contribution in [2.75, 3.05) is 11.9 Å². The molecule has 0 aliphatic carbocycles. The minimum Gasteiger partial charge on any atom is -0.488 e. The molecule has 3 rings (SSSR count). The van der Waals surface area contributed by atoms with Crippen molar-refractivity contribution in [3.8, 4) is 11.8 Å². The second kappa shape index (κ2) is 12.3. The van der Waals surface area contributed by atoms with E-state index in [0.717, 1.165) is 5.56 Å². The Hall–Kier alpha value is -3.50. The lowest BCUT2D eigenvalue weighted by atomic mass is 10.1. The Kier molecular flexibility index (Phi) is 9.16. The molecule has 0 aliphatic heterocycles. The fraction of sp³-hybridized carbons (Fsp3) is 0.115. The topological polar surface area (TPSA) is 88.4 Å². The smallest absolute Gasteiger partial charge is 0.338 e. The van der Waals surface area contributed by atoms with Gasteiger partial charge in [0.25, 0.3) is 5.91 Å². The summed E-state index contributed by atoms with van der Waals surface area (Å²) in [7, 11) is 0. The number of halogens is 3. The van der Waals surface area contributed by atoms with Gasteiger partial charge in [0.05, 0.1) is 22.2 Å². The molecule has 0 saturated heterocycles. The zero-order valence-corrected chi connectivity index (χ0v) is 20.7. The largest absolute Gasteiger partial charge is 0.488 e. The summed E-state index contributed by atoms with van der Waals surface area (Å²) in [6.07, 6.45) is 1.39. The number of anilines is 1. The number of carbonyl (C=O) groups is 2. The van der Waals surface area contributed by atoms with Crippen LogP contribution in [0, 0.1) is 11.3 Å². The maximum Gasteiger partial charge on any atom is 0.338 e. The van der Waals surface area contributed by atoms with Crippen molar-refractivity contribution < 1.29 is 19.1 Å². The van der Waals surface area contributed by atoms with E-state index in [0.29, 0.717) is 37.6 Å². The molecule has 3 aromatic carbocycles. The Bertz CT molecular complexity index is 1320. The summed E-state index contributed by atoms with van der Waals surface area (Å²) < 4.78 is 10.8. The Balaban J connectivity index is 1.77. The van der Waals surface area contributed by atoms with Crippen molar-refractivity contribution in [2.24, 2.45) is 0 Å². The monoisotopic (exact) mass is 528 g/mol. The van der Waals surface area contributed by atoms with E-state index in [1.807, 2.05) is 6.07 Å². The number of benzene rings is 3. The molecule has 1 amide bonds. The lowest BCUT2D eigenvalue weighted by molar-refractivity contribution is -0.112. The van der Waals surface area contributed by atoms with Crippen molar-refractivity contribution in [3.05, 3.63) is 98.0 Å². The number of ether oxygens (including phenoxy) is 2. The van der Waals surface area contributed by atoms with Gasteiger partial charge in [-0.25, -0.2) is 4.79 Å². The molecule has 0 unspecified atom stereocenters. The summed E-state index contributed by atoms with van der Waals surface area (Å²) in [5.74, 6) is -0.677. The molecular weight excluding hydrogens is 511 g/mol. The second-order valence-corrected chi connectivity index (χ2v) is 8.39. The lowest BCUT2D eigenvalue weighted by Crippen LogP contribution is -2.14. The van der Waals surface area contributed by atoms with Gasteiger partial charge in [0.15, 0.2) is 0 Å². The summed E-state index contributed by atoms with van der Waals surface area (Å²) in [5, 5.41) is 13.5.